The number of piperidine rings is 1. The van der Waals surface area contributed by atoms with Crippen molar-refractivity contribution in [3.05, 3.63) is 71.3 Å². The minimum atomic E-state index is 0.631. The van der Waals surface area contributed by atoms with Crippen LogP contribution in [0.1, 0.15) is 47.8 Å². The molecule has 2 fully saturated rings. The van der Waals surface area contributed by atoms with Gasteiger partial charge in [-0.3, -0.25) is 4.90 Å². The van der Waals surface area contributed by atoms with Crippen molar-refractivity contribution in [2.45, 2.75) is 50.1 Å². The van der Waals surface area contributed by atoms with Gasteiger partial charge in [-0.2, -0.15) is 0 Å². The molecule has 4 rings (SSSR count). The third-order valence-electron chi connectivity index (χ3n) is 5.96. The lowest BCUT2D eigenvalue weighted by Gasteiger charge is -2.43. The topological polar surface area (TPSA) is 3.24 Å². The number of likely N-dealkylation sites (N-methyl/N-ethyl adjacent to an activating group) is 1. The summed E-state index contributed by atoms with van der Waals surface area (Å²) < 4.78 is 0. The molecule has 2 heterocycles. The van der Waals surface area contributed by atoms with Crippen LogP contribution in [0.3, 0.4) is 0 Å². The predicted molar refractivity (Wildman–Crippen MR) is 92.3 cm³/mol. The summed E-state index contributed by atoms with van der Waals surface area (Å²) in [5.74, 6) is 1.30. The number of rotatable bonds is 2. The third-order valence-corrected chi connectivity index (χ3v) is 5.96. The maximum atomic E-state index is 2.66. The Labute approximate surface area is 134 Å². The number of hydrogen-bond donors (Lipinski definition) is 0. The first-order valence-corrected chi connectivity index (χ1v) is 8.57. The average molecular weight is 291 g/mol. The molecule has 0 aliphatic carbocycles. The van der Waals surface area contributed by atoms with Gasteiger partial charge in [0.1, 0.15) is 0 Å². The second kappa shape index (κ2) is 5.55. The van der Waals surface area contributed by atoms with Crippen molar-refractivity contribution in [1.29, 1.82) is 0 Å². The van der Waals surface area contributed by atoms with Crippen LogP contribution in [0.5, 0.6) is 0 Å². The van der Waals surface area contributed by atoms with Gasteiger partial charge in [0, 0.05) is 18.0 Å². The Bertz CT molecular complexity index is 631. The molecule has 4 atom stereocenters. The van der Waals surface area contributed by atoms with E-state index in [0.29, 0.717) is 17.9 Å². The largest absolute Gasteiger partial charge is 0.300 e. The molecule has 0 saturated carbocycles. The van der Waals surface area contributed by atoms with Gasteiger partial charge in [0.2, 0.25) is 0 Å². The van der Waals surface area contributed by atoms with Gasteiger partial charge in [-0.1, -0.05) is 60.2 Å². The lowest BCUT2D eigenvalue weighted by Crippen LogP contribution is -2.44. The van der Waals surface area contributed by atoms with Crippen molar-refractivity contribution in [3.63, 3.8) is 0 Å². The number of benzene rings is 2. The smallest absolute Gasteiger partial charge is 0.0170 e. The molecule has 0 amide bonds. The quantitative estimate of drug-likeness (QED) is 0.773. The van der Waals surface area contributed by atoms with Crippen LogP contribution in [0.25, 0.3) is 0 Å². The first-order valence-electron chi connectivity index (χ1n) is 8.57. The Morgan fingerprint density at radius 2 is 1.59 bits per heavy atom. The maximum Gasteiger partial charge on any atom is 0.0170 e. The summed E-state index contributed by atoms with van der Waals surface area (Å²) in [4.78, 5) is 2.66. The molecular formula is C21H25N. The van der Waals surface area contributed by atoms with Crippen LogP contribution in [0, 0.1) is 6.92 Å². The molecule has 0 aromatic heterocycles. The first kappa shape index (κ1) is 14.0. The molecule has 1 nitrogen and oxygen atoms in total. The van der Waals surface area contributed by atoms with Crippen LogP contribution in [-0.4, -0.2) is 24.0 Å². The molecule has 22 heavy (non-hydrogen) atoms. The zero-order chi connectivity index (χ0) is 15.1. The second-order valence-electron chi connectivity index (χ2n) is 7.15. The molecule has 0 radical (unpaired) electrons. The van der Waals surface area contributed by atoms with Crippen LogP contribution >= 0.6 is 0 Å². The summed E-state index contributed by atoms with van der Waals surface area (Å²) in [6.45, 7) is 2.18. The molecule has 2 saturated heterocycles. The Hall–Kier alpha value is -1.60. The molecule has 2 aromatic carbocycles. The third kappa shape index (κ3) is 2.28. The van der Waals surface area contributed by atoms with Gasteiger partial charge in [-0.05, 0) is 50.3 Å². The molecule has 2 bridgehead atoms. The molecule has 2 aliphatic rings. The van der Waals surface area contributed by atoms with Crippen molar-refractivity contribution in [2.24, 2.45) is 0 Å². The Kier molecular flexibility index (Phi) is 3.54. The van der Waals surface area contributed by atoms with Gasteiger partial charge in [0.05, 0.1) is 0 Å². The first-order chi connectivity index (χ1) is 10.7. The van der Waals surface area contributed by atoms with E-state index in [-0.39, 0.29) is 0 Å². The van der Waals surface area contributed by atoms with E-state index >= 15 is 0 Å². The molecule has 114 valence electrons. The molecule has 2 aliphatic heterocycles. The summed E-state index contributed by atoms with van der Waals surface area (Å²) >= 11 is 0. The summed E-state index contributed by atoms with van der Waals surface area (Å²) in [7, 11) is 2.34. The number of aryl methyl sites for hydroxylation is 1. The van der Waals surface area contributed by atoms with Crippen LogP contribution in [0.2, 0.25) is 0 Å². The molecule has 0 unspecified atom stereocenters. The Morgan fingerprint density at radius 1 is 0.864 bits per heavy atom. The van der Waals surface area contributed by atoms with E-state index < -0.39 is 0 Å². The van der Waals surface area contributed by atoms with E-state index in [4.69, 9.17) is 0 Å². The van der Waals surface area contributed by atoms with E-state index in [9.17, 15) is 0 Å². The highest BCUT2D eigenvalue weighted by Gasteiger charge is 2.46. The van der Waals surface area contributed by atoms with Gasteiger partial charge in [0.25, 0.3) is 0 Å². The monoisotopic (exact) mass is 291 g/mol. The van der Waals surface area contributed by atoms with Gasteiger partial charge in [-0.15, -0.1) is 0 Å². The van der Waals surface area contributed by atoms with Gasteiger partial charge >= 0.3 is 0 Å². The lowest BCUT2D eigenvalue weighted by atomic mass is 9.73. The molecule has 0 spiro atoms. The van der Waals surface area contributed by atoms with Gasteiger partial charge in [-0.25, -0.2) is 0 Å². The van der Waals surface area contributed by atoms with Crippen molar-refractivity contribution in [3.8, 4) is 0 Å². The Balaban J connectivity index is 1.77. The van der Waals surface area contributed by atoms with E-state index in [1.54, 1.807) is 0 Å². The molecule has 2 aromatic rings. The minimum Gasteiger partial charge on any atom is -0.300 e. The van der Waals surface area contributed by atoms with Gasteiger partial charge in [0.15, 0.2) is 0 Å². The minimum absolute atomic E-state index is 0.631. The zero-order valence-corrected chi connectivity index (χ0v) is 13.6. The van der Waals surface area contributed by atoms with Crippen molar-refractivity contribution in [1.82, 2.24) is 4.90 Å². The summed E-state index contributed by atoms with van der Waals surface area (Å²) in [5, 5.41) is 0. The summed E-state index contributed by atoms with van der Waals surface area (Å²) in [5.41, 5.74) is 4.41. The summed E-state index contributed by atoms with van der Waals surface area (Å²) in [6.07, 6.45) is 4.02. The fraction of sp³-hybridized carbons (Fsp3) is 0.429. The Morgan fingerprint density at radius 3 is 2.32 bits per heavy atom. The molecular weight excluding hydrogens is 266 g/mol. The van der Waals surface area contributed by atoms with E-state index in [1.165, 1.54) is 36.0 Å². The van der Waals surface area contributed by atoms with Crippen LogP contribution in [0.4, 0.5) is 0 Å². The highest BCUT2D eigenvalue weighted by molar-refractivity contribution is 5.34. The fourth-order valence-corrected chi connectivity index (χ4v) is 4.75. The van der Waals surface area contributed by atoms with Crippen LogP contribution < -0.4 is 0 Å². The van der Waals surface area contributed by atoms with Crippen molar-refractivity contribution >= 4 is 0 Å². The summed E-state index contributed by atoms with van der Waals surface area (Å²) in [6, 6.07) is 21.9. The number of nitrogens with zero attached hydrogens (tertiary/aromatic N) is 1. The SMILES string of the molecule is Cc1ccc([C@H]2[C@H]3CC[C@@H](C[C@H]2c2ccccc2)N3C)cc1. The average Bonchev–Trinajstić information content (AvgIpc) is 2.79. The highest BCUT2D eigenvalue weighted by Crippen LogP contribution is 2.50. The van der Waals surface area contributed by atoms with Crippen molar-refractivity contribution < 1.29 is 0 Å². The zero-order valence-electron chi connectivity index (χ0n) is 13.6. The standard InChI is InChI=1S/C21H25N/c1-15-8-10-17(11-9-15)21-19(16-6-4-3-5-7-16)14-18-12-13-20(21)22(18)2/h3-11,18-21H,12-14H2,1-2H3/t18-,19-,20+,21+/m0/s1. The normalized spacial score (nSPS) is 31.4. The highest BCUT2D eigenvalue weighted by atomic mass is 15.2. The second-order valence-corrected chi connectivity index (χ2v) is 7.15. The van der Waals surface area contributed by atoms with Crippen LogP contribution in [0.15, 0.2) is 54.6 Å². The lowest BCUT2D eigenvalue weighted by molar-refractivity contribution is 0.137. The van der Waals surface area contributed by atoms with E-state index in [1.807, 2.05) is 0 Å². The van der Waals surface area contributed by atoms with E-state index in [2.05, 4.69) is 73.5 Å². The molecule has 0 N–H and O–H groups in total. The van der Waals surface area contributed by atoms with E-state index in [0.717, 1.165) is 6.04 Å². The van der Waals surface area contributed by atoms with Crippen LogP contribution in [-0.2, 0) is 0 Å². The van der Waals surface area contributed by atoms with Gasteiger partial charge < -0.3 is 0 Å². The number of fused-ring (bicyclic) bond motifs is 2. The maximum absolute atomic E-state index is 2.66. The molecule has 1 heteroatoms. The fourth-order valence-electron chi connectivity index (χ4n) is 4.75. The van der Waals surface area contributed by atoms with Crippen molar-refractivity contribution in [2.75, 3.05) is 7.05 Å². The predicted octanol–water partition coefficient (Wildman–Crippen LogP) is 4.73. The number of hydrogen-bond acceptors (Lipinski definition) is 1.